The molecule has 0 bridgehead atoms. The molecule has 0 atom stereocenters. The SMILES string of the molecule is CCOC(=O)c1cnc(SCC(=O)Nc2ccc(Cl)cc2C(=O)c2ccccc2)nc1N. The lowest BCUT2D eigenvalue weighted by atomic mass is 10.0. The smallest absolute Gasteiger partial charge is 0.343 e. The molecule has 8 nitrogen and oxygen atoms in total. The summed E-state index contributed by atoms with van der Waals surface area (Å²) in [6.07, 6.45) is 1.26. The van der Waals surface area contributed by atoms with Crippen molar-refractivity contribution in [2.24, 2.45) is 0 Å². The van der Waals surface area contributed by atoms with Crippen LogP contribution in [-0.4, -0.2) is 40.0 Å². The van der Waals surface area contributed by atoms with Gasteiger partial charge in [0.25, 0.3) is 0 Å². The fraction of sp³-hybridized carbons (Fsp3) is 0.136. The van der Waals surface area contributed by atoms with Crippen LogP contribution in [0, 0.1) is 0 Å². The lowest BCUT2D eigenvalue weighted by molar-refractivity contribution is -0.113. The van der Waals surface area contributed by atoms with Gasteiger partial charge in [0.15, 0.2) is 10.9 Å². The second-order valence-corrected chi connectivity index (χ2v) is 7.77. The number of esters is 1. The molecule has 32 heavy (non-hydrogen) atoms. The Bertz CT molecular complexity index is 1160. The molecule has 0 radical (unpaired) electrons. The van der Waals surface area contributed by atoms with E-state index < -0.39 is 5.97 Å². The third-order valence-corrected chi connectivity index (χ3v) is 5.26. The van der Waals surface area contributed by atoms with Gasteiger partial charge in [0.1, 0.15) is 11.4 Å². The lowest BCUT2D eigenvalue weighted by Gasteiger charge is -2.11. The molecule has 3 rings (SSSR count). The number of carbonyl (C=O) groups is 3. The van der Waals surface area contributed by atoms with E-state index in [-0.39, 0.29) is 46.2 Å². The van der Waals surface area contributed by atoms with Crippen molar-refractivity contribution in [2.75, 3.05) is 23.4 Å². The van der Waals surface area contributed by atoms with Crippen LogP contribution in [0.4, 0.5) is 11.5 Å². The van der Waals surface area contributed by atoms with Gasteiger partial charge in [-0.15, -0.1) is 0 Å². The number of ether oxygens (including phenoxy) is 1. The average Bonchev–Trinajstić information content (AvgIpc) is 2.79. The first-order valence-electron chi connectivity index (χ1n) is 9.50. The zero-order valence-corrected chi connectivity index (χ0v) is 18.6. The number of aromatic nitrogens is 2. The molecule has 1 aromatic heterocycles. The van der Waals surface area contributed by atoms with E-state index in [1.54, 1.807) is 43.3 Å². The summed E-state index contributed by atoms with van der Waals surface area (Å²) >= 11 is 7.10. The van der Waals surface area contributed by atoms with Crippen molar-refractivity contribution in [2.45, 2.75) is 12.1 Å². The largest absolute Gasteiger partial charge is 0.462 e. The highest BCUT2D eigenvalue weighted by Crippen LogP contribution is 2.24. The maximum Gasteiger partial charge on any atom is 0.343 e. The summed E-state index contributed by atoms with van der Waals surface area (Å²) in [5.41, 5.74) is 6.95. The average molecular weight is 471 g/mol. The number of benzene rings is 2. The highest BCUT2D eigenvalue weighted by atomic mass is 35.5. The molecule has 10 heteroatoms. The Morgan fingerprint density at radius 2 is 1.88 bits per heavy atom. The predicted octanol–water partition coefficient (Wildman–Crippen LogP) is 3.85. The molecule has 0 aliphatic rings. The van der Waals surface area contributed by atoms with Crippen LogP contribution in [-0.2, 0) is 9.53 Å². The molecule has 0 aliphatic carbocycles. The molecule has 1 amide bonds. The van der Waals surface area contributed by atoms with Gasteiger partial charge in [-0.25, -0.2) is 14.8 Å². The number of ketones is 1. The Morgan fingerprint density at radius 3 is 2.56 bits per heavy atom. The number of amides is 1. The van der Waals surface area contributed by atoms with Gasteiger partial charge in [-0.05, 0) is 25.1 Å². The molecule has 0 spiro atoms. The Morgan fingerprint density at radius 1 is 1.12 bits per heavy atom. The molecule has 1 heterocycles. The second-order valence-electron chi connectivity index (χ2n) is 6.39. The van der Waals surface area contributed by atoms with Crippen molar-refractivity contribution < 1.29 is 19.1 Å². The predicted molar refractivity (Wildman–Crippen MR) is 123 cm³/mol. The van der Waals surface area contributed by atoms with E-state index in [0.717, 1.165) is 11.8 Å². The number of nitrogens with one attached hydrogen (secondary N) is 1. The van der Waals surface area contributed by atoms with Gasteiger partial charge in [0.2, 0.25) is 5.91 Å². The van der Waals surface area contributed by atoms with Crippen molar-refractivity contribution in [3.05, 3.63) is 76.4 Å². The number of thioether (sulfide) groups is 1. The van der Waals surface area contributed by atoms with Crippen LogP contribution in [0.25, 0.3) is 0 Å². The van der Waals surface area contributed by atoms with Crippen molar-refractivity contribution >= 4 is 52.5 Å². The van der Waals surface area contributed by atoms with Gasteiger partial charge in [0.05, 0.1) is 18.0 Å². The summed E-state index contributed by atoms with van der Waals surface area (Å²) in [7, 11) is 0. The van der Waals surface area contributed by atoms with Gasteiger partial charge < -0.3 is 15.8 Å². The van der Waals surface area contributed by atoms with E-state index >= 15 is 0 Å². The topological polar surface area (TPSA) is 124 Å². The van der Waals surface area contributed by atoms with Crippen LogP contribution in [0.1, 0.15) is 33.2 Å². The normalized spacial score (nSPS) is 10.4. The molecule has 2 aromatic carbocycles. The van der Waals surface area contributed by atoms with Gasteiger partial charge in [-0.3, -0.25) is 9.59 Å². The maximum atomic E-state index is 12.9. The van der Waals surface area contributed by atoms with Crippen LogP contribution in [0.2, 0.25) is 5.02 Å². The van der Waals surface area contributed by atoms with E-state index in [1.165, 1.54) is 12.3 Å². The van der Waals surface area contributed by atoms with Crippen molar-refractivity contribution in [3.63, 3.8) is 0 Å². The number of rotatable bonds is 8. The first kappa shape index (κ1) is 23.2. The highest BCUT2D eigenvalue weighted by Gasteiger charge is 2.17. The number of carbonyl (C=O) groups excluding carboxylic acids is 3. The quantitative estimate of drug-likeness (QED) is 0.220. The van der Waals surface area contributed by atoms with E-state index in [0.29, 0.717) is 16.3 Å². The molecule has 3 N–H and O–H groups in total. The molecule has 0 fully saturated rings. The molecule has 0 saturated heterocycles. The lowest BCUT2D eigenvalue weighted by Crippen LogP contribution is -2.17. The summed E-state index contributed by atoms with van der Waals surface area (Å²) in [6, 6.07) is 13.4. The zero-order chi connectivity index (χ0) is 23.1. The Balaban J connectivity index is 1.69. The van der Waals surface area contributed by atoms with Crippen LogP contribution in [0.3, 0.4) is 0 Å². The van der Waals surface area contributed by atoms with Crippen molar-refractivity contribution in [1.82, 2.24) is 9.97 Å². The zero-order valence-electron chi connectivity index (χ0n) is 17.0. The Hall–Kier alpha value is -3.43. The van der Waals surface area contributed by atoms with Crippen molar-refractivity contribution in [3.8, 4) is 0 Å². The standard InChI is InChI=1S/C22H19ClN4O4S/c1-2-31-21(30)16-11-25-22(27-20(16)24)32-12-18(28)26-17-9-8-14(23)10-15(17)19(29)13-6-4-3-5-7-13/h3-11H,2,12H2,1H3,(H,26,28)(H2,24,25,27). The second kappa shape index (κ2) is 10.7. The number of nitrogen functional groups attached to an aromatic ring is 1. The van der Waals surface area contributed by atoms with Gasteiger partial charge in [-0.1, -0.05) is 53.7 Å². The number of anilines is 2. The van der Waals surface area contributed by atoms with Crippen LogP contribution < -0.4 is 11.1 Å². The number of hydrogen-bond donors (Lipinski definition) is 2. The van der Waals surface area contributed by atoms with E-state index in [4.69, 9.17) is 22.1 Å². The minimum Gasteiger partial charge on any atom is -0.462 e. The highest BCUT2D eigenvalue weighted by molar-refractivity contribution is 7.99. The Labute approximate surface area is 193 Å². The van der Waals surface area contributed by atoms with Crippen molar-refractivity contribution in [1.29, 1.82) is 0 Å². The van der Waals surface area contributed by atoms with E-state index in [1.807, 2.05) is 6.07 Å². The number of nitrogens with zero attached hydrogens (tertiary/aromatic N) is 2. The first-order chi connectivity index (χ1) is 15.4. The number of hydrogen-bond acceptors (Lipinski definition) is 8. The van der Waals surface area contributed by atoms with Gasteiger partial charge >= 0.3 is 5.97 Å². The monoisotopic (exact) mass is 470 g/mol. The van der Waals surface area contributed by atoms with E-state index in [9.17, 15) is 14.4 Å². The molecular weight excluding hydrogens is 452 g/mol. The molecule has 0 unspecified atom stereocenters. The maximum absolute atomic E-state index is 12.9. The molecule has 0 saturated carbocycles. The summed E-state index contributed by atoms with van der Waals surface area (Å²) in [5.74, 6) is -1.33. The molecule has 0 aliphatic heterocycles. The molecule has 3 aromatic rings. The summed E-state index contributed by atoms with van der Waals surface area (Å²) in [6.45, 7) is 1.88. The minimum absolute atomic E-state index is 0.0326. The molecule has 164 valence electrons. The molecular formula is C22H19ClN4O4S. The third-order valence-electron chi connectivity index (χ3n) is 4.16. The first-order valence-corrected chi connectivity index (χ1v) is 10.9. The Kier molecular flexibility index (Phi) is 7.80. The fourth-order valence-corrected chi connectivity index (χ4v) is 3.48. The summed E-state index contributed by atoms with van der Waals surface area (Å²) < 4.78 is 4.88. The van der Waals surface area contributed by atoms with Gasteiger partial charge in [0, 0.05) is 22.3 Å². The third kappa shape index (κ3) is 5.83. The van der Waals surface area contributed by atoms with Crippen LogP contribution >= 0.6 is 23.4 Å². The van der Waals surface area contributed by atoms with E-state index in [2.05, 4.69) is 15.3 Å². The minimum atomic E-state index is -0.613. The summed E-state index contributed by atoms with van der Waals surface area (Å²) in [5, 5.41) is 3.32. The summed E-state index contributed by atoms with van der Waals surface area (Å²) in [4.78, 5) is 45.2. The van der Waals surface area contributed by atoms with Crippen LogP contribution in [0.5, 0.6) is 0 Å². The number of halogens is 1. The fourth-order valence-electron chi connectivity index (χ4n) is 2.69. The van der Waals surface area contributed by atoms with Crippen LogP contribution in [0.15, 0.2) is 59.9 Å². The van der Waals surface area contributed by atoms with Gasteiger partial charge in [-0.2, -0.15) is 0 Å². The number of nitrogens with two attached hydrogens (primary N) is 1.